The van der Waals surface area contributed by atoms with Crippen LogP contribution in [0.25, 0.3) is 0 Å². The number of rotatable bonds is 4. The molecule has 0 saturated heterocycles. The second-order valence-corrected chi connectivity index (χ2v) is 5.75. The zero-order valence-electron chi connectivity index (χ0n) is 9.89. The highest BCUT2D eigenvalue weighted by atomic mass is 32.2. The lowest BCUT2D eigenvalue weighted by Gasteiger charge is -2.04. The predicted molar refractivity (Wildman–Crippen MR) is 69.7 cm³/mol. The van der Waals surface area contributed by atoms with Crippen molar-refractivity contribution in [3.8, 4) is 0 Å². The first kappa shape index (κ1) is 12.3. The molecule has 2 aromatic rings. The molecule has 0 spiro atoms. The molecule has 5 nitrogen and oxygen atoms in total. The summed E-state index contributed by atoms with van der Waals surface area (Å²) in [6.07, 6.45) is 0.818. The quantitative estimate of drug-likeness (QED) is 0.858. The lowest BCUT2D eigenvalue weighted by Crippen LogP contribution is -2.00. The third kappa shape index (κ3) is 3.13. The summed E-state index contributed by atoms with van der Waals surface area (Å²) in [6.45, 7) is 3.98. The molecular weight excluding hydrogens is 254 g/mol. The molecule has 17 heavy (non-hydrogen) atoms. The Morgan fingerprint density at radius 2 is 2.18 bits per heavy atom. The van der Waals surface area contributed by atoms with E-state index in [0.29, 0.717) is 0 Å². The van der Waals surface area contributed by atoms with Gasteiger partial charge in [0, 0.05) is 19.5 Å². The molecule has 2 heterocycles. The van der Waals surface area contributed by atoms with Gasteiger partial charge in [0.05, 0.1) is 0 Å². The van der Waals surface area contributed by atoms with Crippen molar-refractivity contribution in [2.75, 3.05) is 12.4 Å². The van der Waals surface area contributed by atoms with Gasteiger partial charge in [-0.3, -0.25) is 0 Å². The van der Waals surface area contributed by atoms with Crippen LogP contribution in [-0.4, -0.2) is 27.2 Å². The molecule has 0 aliphatic rings. The maximum absolute atomic E-state index is 4.46. The van der Waals surface area contributed by atoms with Crippen LogP contribution >= 0.6 is 23.1 Å². The molecule has 1 N–H and O–H groups in total. The first-order valence-corrected chi connectivity index (χ1v) is 6.88. The Balaban J connectivity index is 2.25. The van der Waals surface area contributed by atoms with Crippen LogP contribution in [-0.2, 0) is 6.42 Å². The van der Waals surface area contributed by atoms with E-state index in [4.69, 9.17) is 0 Å². The minimum Gasteiger partial charge on any atom is -0.373 e. The van der Waals surface area contributed by atoms with Gasteiger partial charge in [-0.15, -0.1) is 10.2 Å². The summed E-state index contributed by atoms with van der Waals surface area (Å²) in [7, 11) is 1.85. The van der Waals surface area contributed by atoms with E-state index in [1.165, 1.54) is 11.8 Å². The van der Waals surface area contributed by atoms with E-state index in [2.05, 4.69) is 25.5 Å². The largest absolute Gasteiger partial charge is 0.373 e. The van der Waals surface area contributed by atoms with Crippen molar-refractivity contribution in [1.82, 2.24) is 20.2 Å². The average molecular weight is 267 g/mol. The van der Waals surface area contributed by atoms with Gasteiger partial charge in [0.15, 0.2) is 4.34 Å². The molecule has 0 unspecified atom stereocenters. The van der Waals surface area contributed by atoms with E-state index >= 15 is 0 Å². The van der Waals surface area contributed by atoms with Crippen LogP contribution in [0.1, 0.15) is 17.8 Å². The maximum atomic E-state index is 4.46. The second-order valence-electron chi connectivity index (χ2n) is 3.30. The molecule has 0 aliphatic carbocycles. The Kier molecular flexibility index (Phi) is 3.90. The van der Waals surface area contributed by atoms with Crippen molar-refractivity contribution in [2.45, 2.75) is 29.6 Å². The van der Waals surface area contributed by atoms with E-state index in [1.54, 1.807) is 11.3 Å². The van der Waals surface area contributed by atoms with Crippen molar-refractivity contribution >= 4 is 28.9 Å². The molecule has 0 radical (unpaired) electrons. The number of nitrogens with zero attached hydrogens (tertiary/aromatic N) is 4. The molecule has 90 valence electrons. The Morgan fingerprint density at radius 1 is 1.35 bits per heavy atom. The SMILES string of the molecule is CCc1nc(NC)cc(Sc2nnc(C)s2)n1. The van der Waals surface area contributed by atoms with E-state index in [0.717, 1.165) is 32.4 Å². The second kappa shape index (κ2) is 5.42. The van der Waals surface area contributed by atoms with Gasteiger partial charge in [0.25, 0.3) is 0 Å². The third-order valence-corrected chi connectivity index (χ3v) is 3.83. The highest BCUT2D eigenvalue weighted by Gasteiger charge is 2.07. The topological polar surface area (TPSA) is 63.6 Å². The first-order chi connectivity index (χ1) is 8.21. The molecule has 0 fully saturated rings. The molecule has 0 saturated carbocycles. The summed E-state index contributed by atoms with van der Waals surface area (Å²) >= 11 is 3.09. The highest BCUT2D eigenvalue weighted by Crippen LogP contribution is 2.29. The van der Waals surface area contributed by atoms with Crippen LogP contribution in [0, 0.1) is 6.92 Å². The van der Waals surface area contributed by atoms with E-state index in [-0.39, 0.29) is 0 Å². The van der Waals surface area contributed by atoms with Gasteiger partial charge in [-0.2, -0.15) is 0 Å². The third-order valence-electron chi connectivity index (χ3n) is 2.02. The monoisotopic (exact) mass is 267 g/mol. The molecule has 2 aromatic heterocycles. The minimum absolute atomic E-state index is 0.818. The summed E-state index contributed by atoms with van der Waals surface area (Å²) in [4.78, 5) is 8.80. The molecule has 0 amide bonds. The zero-order chi connectivity index (χ0) is 12.3. The van der Waals surface area contributed by atoms with Gasteiger partial charge in [-0.05, 0) is 18.7 Å². The number of aryl methyl sites for hydroxylation is 2. The van der Waals surface area contributed by atoms with Gasteiger partial charge in [-0.1, -0.05) is 18.3 Å². The van der Waals surface area contributed by atoms with Gasteiger partial charge >= 0.3 is 0 Å². The fourth-order valence-corrected chi connectivity index (χ4v) is 3.00. The van der Waals surface area contributed by atoms with Crippen LogP contribution in [0.2, 0.25) is 0 Å². The van der Waals surface area contributed by atoms with E-state index in [9.17, 15) is 0 Å². The fraction of sp³-hybridized carbons (Fsp3) is 0.400. The van der Waals surface area contributed by atoms with Crippen molar-refractivity contribution in [3.63, 3.8) is 0 Å². The van der Waals surface area contributed by atoms with Gasteiger partial charge in [-0.25, -0.2) is 9.97 Å². The summed E-state index contributed by atoms with van der Waals surface area (Å²) < 4.78 is 0.908. The van der Waals surface area contributed by atoms with Crippen LogP contribution < -0.4 is 5.32 Å². The lowest BCUT2D eigenvalue weighted by molar-refractivity contribution is 0.889. The van der Waals surface area contributed by atoms with Crippen LogP contribution in [0.15, 0.2) is 15.4 Å². The number of hydrogen-bond donors (Lipinski definition) is 1. The molecule has 0 aromatic carbocycles. The fourth-order valence-electron chi connectivity index (χ4n) is 1.22. The lowest BCUT2D eigenvalue weighted by atomic mass is 10.4. The Hall–Kier alpha value is -1.21. The standard InChI is InChI=1S/C10H13N5S2/c1-4-7-12-8(11-3)5-9(13-7)17-10-15-14-6(2)16-10/h5H,4H2,1-3H3,(H,11,12,13). The Labute approximate surface area is 108 Å². The van der Waals surface area contributed by atoms with Crippen molar-refractivity contribution in [1.29, 1.82) is 0 Å². The molecule has 0 aliphatic heterocycles. The van der Waals surface area contributed by atoms with Crippen molar-refractivity contribution in [2.24, 2.45) is 0 Å². The molecular formula is C10H13N5S2. The van der Waals surface area contributed by atoms with Crippen LogP contribution in [0.5, 0.6) is 0 Å². The number of nitrogens with one attached hydrogen (secondary N) is 1. The molecule has 7 heteroatoms. The van der Waals surface area contributed by atoms with Crippen LogP contribution in [0.3, 0.4) is 0 Å². The summed E-state index contributed by atoms with van der Waals surface area (Å²) in [5.41, 5.74) is 0. The first-order valence-electron chi connectivity index (χ1n) is 5.25. The highest BCUT2D eigenvalue weighted by molar-refractivity contribution is 8.01. The summed E-state index contributed by atoms with van der Waals surface area (Å²) in [6, 6.07) is 1.92. The molecule has 0 bridgehead atoms. The maximum Gasteiger partial charge on any atom is 0.180 e. The molecule has 0 atom stereocenters. The van der Waals surface area contributed by atoms with Gasteiger partial charge < -0.3 is 5.32 Å². The van der Waals surface area contributed by atoms with Crippen molar-refractivity contribution in [3.05, 3.63) is 16.9 Å². The van der Waals surface area contributed by atoms with Crippen LogP contribution in [0.4, 0.5) is 5.82 Å². The smallest absolute Gasteiger partial charge is 0.180 e. The van der Waals surface area contributed by atoms with Crippen molar-refractivity contribution < 1.29 is 0 Å². The minimum atomic E-state index is 0.818. The number of aromatic nitrogens is 4. The molecule has 2 rings (SSSR count). The number of hydrogen-bond acceptors (Lipinski definition) is 7. The predicted octanol–water partition coefficient (Wildman–Crippen LogP) is 2.39. The number of anilines is 1. The summed E-state index contributed by atoms with van der Waals surface area (Å²) in [5.74, 6) is 1.67. The Bertz CT molecular complexity index is 489. The van der Waals surface area contributed by atoms with E-state index < -0.39 is 0 Å². The average Bonchev–Trinajstić information content (AvgIpc) is 2.74. The van der Waals surface area contributed by atoms with Gasteiger partial charge in [0.2, 0.25) is 0 Å². The Morgan fingerprint density at radius 3 is 2.76 bits per heavy atom. The zero-order valence-corrected chi connectivity index (χ0v) is 11.5. The van der Waals surface area contributed by atoms with E-state index in [1.807, 2.05) is 27.0 Å². The van der Waals surface area contributed by atoms with Gasteiger partial charge in [0.1, 0.15) is 21.7 Å². The summed E-state index contributed by atoms with van der Waals surface area (Å²) in [5, 5.41) is 13.0. The normalized spacial score (nSPS) is 10.5.